The Bertz CT molecular complexity index is 429. The van der Waals surface area contributed by atoms with Crippen LogP contribution in [0.15, 0.2) is 18.2 Å². The predicted octanol–water partition coefficient (Wildman–Crippen LogP) is 1.61. The zero-order valence-corrected chi connectivity index (χ0v) is 11.8. The summed E-state index contributed by atoms with van der Waals surface area (Å²) in [6.45, 7) is 5.65. The third kappa shape index (κ3) is 5.56. The molecule has 1 aromatic rings. The number of aromatic nitrogens is 1. The average molecular weight is 267 g/mol. The number of nitrogens with one attached hydrogen (secondary N) is 1. The fourth-order valence-corrected chi connectivity index (χ4v) is 1.36. The smallest absolute Gasteiger partial charge is 0.407 e. The Morgan fingerprint density at radius 2 is 2.16 bits per heavy atom. The number of ether oxygens (including phenoxy) is 2. The highest BCUT2D eigenvalue weighted by atomic mass is 16.6. The van der Waals surface area contributed by atoms with Crippen molar-refractivity contribution in [2.45, 2.75) is 32.4 Å². The molecular weight excluding hydrogens is 246 g/mol. The Balaban J connectivity index is 2.51. The molecule has 3 N–H and O–H groups in total. The minimum atomic E-state index is -0.525. The van der Waals surface area contributed by atoms with Crippen molar-refractivity contribution in [2.24, 2.45) is 5.73 Å². The van der Waals surface area contributed by atoms with Gasteiger partial charge in [0.1, 0.15) is 5.60 Å². The number of amides is 1. The summed E-state index contributed by atoms with van der Waals surface area (Å²) in [5, 5.41) is 2.61. The molecule has 1 amide bonds. The van der Waals surface area contributed by atoms with E-state index in [1.807, 2.05) is 0 Å². The van der Waals surface area contributed by atoms with E-state index in [-0.39, 0.29) is 6.54 Å². The van der Waals surface area contributed by atoms with Gasteiger partial charge in [-0.2, -0.15) is 0 Å². The maximum Gasteiger partial charge on any atom is 0.407 e. The van der Waals surface area contributed by atoms with Crippen LogP contribution in [-0.2, 0) is 4.74 Å². The number of nitrogens with zero attached hydrogens (tertiary/aromatic N) is 1. The van der Waals surface area contributed by atoms with Gasteiger partial charge in [0.05, 0.1) is 18.8 Å². The maximum atomic E-state index is 11.5. The van der Waals surface area contributed by atoms with Crippen LogP contribution in [0.2, 0.25) is 0 Å². The molecule has 1 unspecified atom stereocenters. The van der Waals surface area contributed by atoms with Gasteiger partial charge in [-0.15, -0.1) is 0 Å². The quantitative estimate of drug-likeness (QED) is 0.865. The summed E-state index contributed by atoms with van der Waals surface area (Å²) in [6.07, 6.45) is -0.495. The van der Waals surface area contributed by atoms with E-state index in [1.165, 1.54) is 7.11 Å². The summed E-state index contributed by atoms with van der Waals surface area (Å²) in [6, 6.07) is 4.90. The van der Waals surface area contributed by atoms with Crippen molar-refractivity contribution in [1.29, 1.82) is 0 Å². The monoisotopic (exact) mass is 267 g/mol. The number of pyridine rings is 1. The lowest BCUT2D eigenvalue weighted by Gasteiger charge is -2.20. The van der Waals surface area contributed by atoms with E-state index >= 15 is 0 Å². The molecular formula is C13H21N3O3. The molecule has 0 fully saturated rings. The standard InChI is InChI=1S/C13H21N3O3/c1-13(2,3)19-12(17)15-8-9(14)10-6-5-7-11(16-10)18-4/h5-7,9H,8,14H2,1-4H3,(H,15,17). The van der Waals surface area contributed by atoms with Crippen molar-refractivity contribution in [1.82, 2.24) is 10.3 Å². The van der Waals surface area contributed by atoms with E-state index in [2.05, 4.69) is 10.3 Å². The van der Waals surface area contributed by atoms with Crippen LogP contribution in [0.5, 0.6) is 5.88 Å². The van der Waals surface area contributed by atoms with Crippen LogP contribution in [0, 0.1) is 0 Å². The number of rotatable bonds is 4. The summed E-state index contributed by atoms with van der Waals surface area (Å²) in [5.74, 6) is 0.491. The Labute approximate surface area is 113 Å². The lowest BCUT2D eigenvalue weighted by atomic mass is 10.2. The molecule has 106 valence electrons. The molecule has 0 saturated carbocycles. The van der Waals surface area contributed by atoms with E-state index in [0.29, 0.717) is 11.6 Å². The first kappa shape index (κ1) is 15.2. The minimum Gasteiger partial charge on any atom is -0.481 e. The molecule has 0 spiro atoms. The Kier molecular flexibility index (Phi) is 5.11. The third-order valence-electron chi connectivity index (χ3n) is 2.20. The zero-order chi connectivity index (χ0) is 14.5. The number of carbonyl (C=O) groups excluding carboxylic acids is 1. The van der Waals surface area contributed by atoms with Gasteiger partial charge in [-0.25, -0.2) is 9.78 Å². The number of nitrogens with two attached hydrogens (primary N) is 1. The highest BCUT2D eigenvalue weighted by molar-refractivity contribution is 5.67. The lowest BCUT2D eigenvalue weighted by Crippen LogP contribution is -2.36. The molecule has 0 aliphatic rings. The van der Waals surface area contributed by atoms with Gasteiger partial charge in [0.25, 0.3) is 0 Å². The van der Waals surface area contributed by atoms with Gasteiger partial charge in [0.2, 0.25) is 5.88 Å². The first-order valence-corrected chi connectivity index (χ1v) is 6.05. The van der Waals surface area contributed by atoms with E-state index < -0.39 is 17.7 Å². The molecule has 6 heteroatoms. The SMILES string of the molecule is COc1cccc(C(N)CNC(=O)OC(C)(C)C)n1. The van der Waals surface area contributed by atoms with Crippen molar-refractivity contribution in [3.8, 4) is 5.88 Å². The van der Waals surface area contributed by atoms with Crippen LogP contribution in [0.25, 0.3) is 0 Å². The minimum absolute atomic E-state index is 0.245. The topological polar surface area (TPSA) is 86.5 Å². The molecule has 0 bridgehead atoms. The van der Waals surface area contributed by atoms with Gasteiger partial charge in [-0.05, 0) is 26.8 Å². The van der Waals surface area contributed by atoms with Crippen LogP contribution in [-0.4, -0.2) is 30.3 Å². The second-order valence-corrected chi connectivity index (χ2v) is 5.09. The lowest BCUT2D eigenvalue weighted by molar-refractivity contribution is 0.0524. The maximum absolute atomic E-state index is 11.5. The van der Waals surface area contributed by atoms with Crippen molar-refractivity contribution in [3.05, 3.63) is 23.9 Å². The first-order valence-electron chi connectivity index (χ1n) is 6.05. The van der Waals surface area contributed by atoms with E-state index in [0.717, 1.165) is 0 Å². The van der Waals surface area contributed by atoms with E-state index in [4.69, 9.17) is 15.2 Å². The summed E-state index contributed by atoms with van der Waals surface area (Å²) in [7, 11) is 1.54. The summed E-state index contributed by atoms with van der Waals surface area (Å²) in [5.41, 5.74) is 6.07. The predicted molar refractivity (Wildman–Crippen MR) is 72.0 cm³/mol. The van der Waals surface area contributed by atoms with E-state index in [9.17, 15) is 4.79 Å². The molecule has 0 aliphatic heterocycles. The number of alkyl carbamates (subject to hydrolysis) is 1. The largest absolute Gasteiger partial charge is 0.481 e. The number of methoxy groups -OCH3 is 1. The Hall–Kier alpha value is -1.82. The second-order valence-electron chi connectivity index (χ2n) is 5.09. The molecule has 1 atom stereocenters. The fraction of sp³-hybridized carbons (Fsp3) is 0.538. The second kappa shape index (κ2) is 6.38. The highest BCUT2D eigenvalue weighted by Crippen LogP contribution is 2.12. The van der Waals surface area contributed by atoms with Gasteiger partial charge >= 0.3 is 6.09 Å². The molecule has 19 heavy (non-hydrogen) atoms. The average Bonchev–Trinajstić information content (AvgIpc) is 2.34. The van der Waals surface area contributed by atoms with Gasteiger partial charge in [0, 0.05) is 12.6 Å². The first-order chi connectivity index (χ1) is 8.81. The van der Waals surface area contributed by atoms with Crippen LogP contribution in [0.1, 0.15) is 32.5 Å². The molecule has 0 radical (unpaired) electrons. The summed E-state index contributed by atoms with van der Waals surface area (Å²) < 4.78 is 10.1. The number of hydrogen-bond acceptors (Lipinski definition) is 5. The fourth-order valence-electron chi connectivity index (χ4n) is 1.36. The van der Waals surface area contributed by atoms with Gasteiger partial charge in [0.15, 0.2) is 0 Å². The van der Waals surface area contributed by atoms with E-state index in [1.54, 1.807) is 39.0 Å². The molecule has 0 aromatic carbocycles. The molecule has 1 rings (SSSR count). The van der Waals surface area contributed by atoms with Crippen molar-refractivity contribution in [2.75, 3.05) is 13.7 Å². The van der Waals surface area contributed by atoms with Gasteiger partial charge in [-0.3, -0.25) is 0 Å². The normalized spacial score (nSPS) is 12.7. The third-order valence-corrected chi connectivity index (χ3v) is 2.20. The molecule has 0 saturated heterocycles. The number of carbonyl (C=O) groups is 1. The number of hydrogen-bond donors (Lipinski definition) is 2. The molecule has 6 nitrogen and oxygen atoms in total. The van der Waals surface area contributed by atoms with Gasteiger partial charge < -0.3 is 20.5 Å². The van der Waals surface area contributed by atoms with Crippen LogP contribution in [0.3, 0.4) is 0 Å². The highest BCUT2D eigenvalue weighted by Gasteiger charge is 2.17. The van der Waals surface area contributed by atoms with Crippen molar-refractivity contribution >= 4 is 6.09 Å². The van der Waals surface area contributed by atoms with Crippen molar-refractivity contribution in [3.63, 3.8) is 0 Å². The molecule has 1 aromatic heterocycles. The zero-order valence-electron chi connectivity index (χ0n) is 11.8. The Morgan fingerprint density at radius 1 is 1.47 bits per heavy atom. The molecule has 0 aliphatic carbocycles. The van der Waals surface area contributed by atoms with Gasteiger partial charge in [-0.1, -0.05) is 6.07 Å². The summed E-state index contributed by atoms with van der Waals surface area (Å²) >= 11 is 0. The van der Waals surface area contributed by atoms with Crippen LogP contribution >= 0.6 is 0 Å². The van der Waals surface area contributed by atoms with Crippen LogP contribution < -0.4 is 15.8 Å². The van der Waals surface area contributed by atoms with Crippen molar-refractivity contribution < 1.29 is 14.3 Å². The molecule has 1 heterocycles. The Morgan fingerprint density at radius 3 is 2.74 bits per heavy atom. The van der Waals surface area contributed by atoms with Crippen LogP contribution in [0.4, 0.5) is 4.79 Å². The summed E-state index contributed by atoms with van der Waals surface area (Å²) in [4.78, 5) is 15.7.